The van der Waals surface area contributed by atoms with Gasteiger partial charge in [-0.25, -0.2) is 9.78 Å². The number of hydrogen-bond acceptors (Lipinski definition) is 5. The van der Waals surface area contributed by atoms with Crippen LogP contribution in [0.2, 0.25) is 0 Å². The third-order valence-corrected chi connectivity index (χ3v) is 6.78. The van der Waals surface area contributed by atoms with Crippen molar-refractivity contribution in [3.63, 3.8) is 0 Å². The zero-order valence-corrected chi connectivity index (χ0v) is 21.5. The van der Waals surface area contributed by atoms with Crippen LogP contribution in [-0.4, -0.2) is 37.7 Å². The summed E-state index contributed by atoms with van der Waals surface area (Å²) in [6, 6.07) is 28.1. The van der Waals surface area contributed by atoms with Crippen molar-refractivity contribution in [3.05, 3.63) is 130 Å². The Balaban J connectivity index is 1.55. The van der Waals surface area contributed by atoms with Gasteiger partial charge in [-0.1, -0.05) is 91.0 Å². The summed E-state index contributed by atoms with van der Waals surface area (Å²) in [5, 5.41) is 23.7. The van der Waals surface area contributed by atoms with Gasteiger partial charge < -0.3 is 20.1 Å². The van der Waals surface area contributed by atoms with E-state index in [2.05, 4.69) is 10.3 Å². The Morgan fingerprint density at radius 1 is 0.875 bits per heavy atom. The van der Waals surface area contributed by atoms with Gasteiger partial charge in [0, 0.05) is 23.9 Å². The molecular weight excluding hydrogens is 506 g/mol. The number of aromatic nitrogens is 2. The Kier molecular flexibility index (Phi) is 7.68. The third kappa shape index (κ3) is 5.61. The van der Waals surface area contributed by atoms with Crippen molar-refractivity contribution in [2.24, 2.45) is 0 Å². The minimum absolute atomic E-state index is 0.0629. The van der Waals surface area contributed by atoms with E-state index in [-0.39, 0.29) is 23.1 Å². The fourth-order valence-corrected chi connectivity index (χ4v) is 4.70. The molecule has 1 atom stereocenters. The molecule has 0 bridgehead atoms. The van der Waals surface area contributed by atoms with Crippen LogP contribution in [0.5, 0.6) is 5.75 Å². The number of pyridine rings is 2. The number of benzene rings is 3. The quantitative estimate of drug-likeness (QED) is 0.258. The Labute approximate surface area is 230 Å². The topological polar surface area (TPSA) is 122 Å². The largest absolute Gasteiger partial charge is 0.505 e. The second kappa shape index (κ2) is 11.7. The Morgan fingerprint density at radius 2 is 1.48 bits per heavy atom. The first-order valence-electron chi connectivity index (χ1n) is 12.8. The van der Waals surface area contributed by atoms with Crippen LogP contribution in [0.15, 0.2) is 108 Å². The molecule has 0 radical (unpaired) electrons. The molecule has 0 saturated heterocycles. The fourth-order valence-electron chi connectivity index (χ4n) is 4.70. The normalized spacial score (nSPS) is 11.7. The first-order chi connectivity index (χ1) is 19.4. The van der Waals surface area contributed by atoms with Gasteiger partial charge in [-0.2, -0.15) is 0 Å². The van der Waals surface area contributed by atoms with E-state index < -0.39 is 23.7 Å². The van der Waals surface area contributed by atoms with Gasteiger partial charge in [-0.15, -0.1) is 0 Å². The smallest absolute Gasteiger partial charge is 0.326 e. The van der Waals surface area contributed by atoms with Gasteiger partial charge in [0.2, 0.25) is 0 Å². The molecule has 3 N–H and O–H groups in total. The van der Waals surface area contributed by atoms with Gasteiger partial charge in [-0.05, 0) is 29.2 Å². The van der Waals surface area contributed by atoms with Crippen LogP contribution < -0.4 is 10.9 Å². The molecular formula is C32H27N3O5. The number of aryl methyl sites for hydroxylation is 2. The highest BCUT2D eigenvalue weighted by molar-refractivity contribution is 6.02. The molecule has 8 nitrogen and oxygen atoms in total. The second-order valence-corrected chi connectivity index (χ2v) is 9.42. The van der Waals surface area contributed by atoms with E-state index in [4.69, 9.17) is 0 Å². The van der Waals surface area contributed by atoms with E-state index in [1.165, 1.54) is 6.20 Å². The highest BCUT2D eigenvalue weighted by Gasteiger charge is 2.25. The molecule has 8 heteroatoms. The van der Waals surface area contributed by atoms with E-state index in [0.29, 0.717) is 29.6 Å². The van der Waals surface area contributed by atoms with Crippen LogP contribution in [0.4, 0.5) is 0 Å². The Bertz CT molecular complexity index is 1720. The van der Waals surface area contributed by atoms with Crippen molar-refractivity contribution in [1.29, 1.82) is 0 Å². The van der Waals surface area contributed by atoms with Crippen LogP contribution in [0, 0.1) is 0 Å². The number of nitrogens with zero attached hydrogens (tertiary/aromatic N) is 2. The van der Waals surface area contributed by atoms with Gasteiger partial charge in [-0.3, -0.25) is 9.59 Å². The molecule has 40 heavy (non-hydrogen) atoms. The number of carbonyl (C=O) groups excluding carboxylic acids is 1. The van der Waals surface area contributed by atoms with Crippen LogP contribution in [0.1, 0.15) is 21.6 Å². The van der Waals surface area contributed by atoms with E-state index in [0.717, 1.165) is 11.1 Å². The Morgan fingerprint density at radius 3 is 2.10 bits per heavy atom. The molecule has 0 saturated carbocycles. The van der Waals surface area contributed by atoms with Crippen molar-refractivity contribution in [3.8, 4) is 16.9 Å². The number of carbonyl (C=O) groups is 2. The lowest BCUT2D eigenvalue weighted by molar-refractivity contribution is -0.139. The summed E-state index contributed by atoms with van der Waals surface area (Å²) in [6.07, 6.45) is 2.00. The average molecular weight is 534 g/mol. The van der Waals surface area contributed by atoms with E-state index >= 15 is 0 Å². The molecule has 0 aliphatic heterocycles. The lowest BCUT2D eigenvalue weighted by Crippen LogP contribution is -2.42. The maximum atomic E-state index is 13.6. The SMILES string of the molecule is O=C(NC(Cc1ccccc1)C(=O)O)c1ncc2c(cc(-c3ccccc3)c(=O)n2CCc2ccccc2)c1O. The number of carboxylic acids is 1. The van der Waals surface area contributed by atoms with Crippen LogP contribution >= 0.6 is 0 Å². The first-order valence-corrected chi connectivity index (χ1v) is 12.8. The zero-order chi connectivity index (χ0) is 28.1. The summed E-state index contributed by atoms with van der Waals surface area (Å²) < 4.78 is 1.55. The van der Waals surface area contributed by atoms with E-state index in [1.54, 1.807) is 47.0 Å². The molecule has 3 aromatic carbocycles. The molecule has 0 aliphatic carbocycles. The second-order valence-electron chi connectivity index (χ2n) is 9.42. The summed E-state index contributed by atoms with van der Waals surface area (Å²) in [4.78, 5) is 42.9. The highest BCUT2D eigenvalue weighted by atomic mass is 16.4. The van der Waals surface area contributed by atoms with E-state index in [1.807, 2.05) is 54.6 Å². The standard InChI is InChI=1S/C32H27N3O5/c36-29-25-19-24(23-14-8-3-9-15-23)31(38)35(17-16-21-10-4-1-5-11-21)27(25)20-33-28(29)30(37)34-26(32(39)40)18-22-12-6-2-7-13-22/h1-15,19-20,26,36H,16-18H2,(H,34,37)(H,39,40). The zero-order valence-electron chi connectivity index (χ0n) is 21.5. The van der Waals surface area contributed by atoms with Crippen molar-refractivity contribution < 1.29 is 19.8 Å². The molecule has 0 spiro atoms. The summed E-state index contributed by atoms with van der Waals surface area (Å²) in [7, 11) is 0. The Hall–Kier alpha value is -5.24. The molecule has 1 amide bonds. The summed E-state index contributed by atoms with van der Waals surface area (Å²) in [5.74, 6) is -2.46. The predicted molar refractivity (Wildman–Crippen MR) is 152 cm³/mol. The predicted octanol–water partition coefficient (Wildman–Crippen LogP) is 4.44. The van der Waals surface area contributed by atoms with Crippen LogP contribution in [-0.2, 0) is 24.2 Å². The van der Waals surface area contributed by atoms with Gasteiger partial charge >= 0.3 is 5.97 Å². The van der Waals surface area contributed by atoms with E-state index in [9.17, 15) is 24.6 Å². The molecule has 2 aromatic heterocycles. The van der Waals surface area contributed by atoms with Crippen molar-refractivity contribution >= 4 is 22.8 Å². The van der Waals surface area contributed by atoms with Gasteiger partial charge in [0.1, 0.15) is 6.04 Å². The first kappa shape index (κ1) is 26.4. The lowest BCUT2D eigenvalue weighted by Gasteiger charge is -2.17. The lowest BCUT2D eigenvalue weighted by atomic mass is 10.0. The maximum absolute atomic E-state index is 13.6. The molecule has 2 heterocycles. The molecule has 0 fully saturated rings. The number of hydrogen-bond donors (Lipinski definition) is 3. The van der Waals surface area contributed by atoms with Crippen LogP contribution in [0.25, 0.3) is 22.0 Å². The van der Waals surface area contributed by atoms with Crippen molar-refractivity contribution in [1.82, 2.24) is 14.9 Å². The summed E-state index contributed by atoms with van der Waals surface area (Å²) >= 11 is 0. The third-order valence-electron chi connectivity index (χ3n) is 6.78. The van der Waals surface area contributed by atoms with Crippen LogP contribution in [0.3, 0.4) is 0 Å². The maximum Gasteiger partial charge on any atom is 0.326 e. The number of carboxylic acid groups (broad SMARTS) is 1. The molecule has 5 rings (SSSR count). The number of aliphatic carboxylic acids is 1. The number of rotatable bonds is 9. The molecule has 1 unspecified atom stereocenters. The highest BCUT2D eigenvalue weighted by Crippen LogP contribution is 2.30. The number of nitrogens with one attached hydrogen (secondary N) is 1. The number of aromatic hydroxyl groups is 1. The minimum atomic E-state index is -1.23. The monoisotopic (exact) mass is 533 g/mol. The summed E-state index contributed by atoms with van der Waals surface area (Å²) in [6.45, 7) is 0.324. The van der Waals surface area contributed by atoms with Crippen molar-refractivity contribution in [2.75, 3.05) is 0 Å². The molecule has 0 aliphatic rings. The number of fused-ring (bicyclic) bond motifs is 1. The van der Waals surface area contributed by atoms with Gasteiger partial charge in [0.15, 0.2) is 11.4 Å². The van der Waals surface area contributed by atoms with Crippen molar-refractivity contribution in [2.45, 2.75) is 25.4 Å². The number of amides is 1. The molecule has 200 valence electrons. The van der Waals surface area contributed by atoms with Gasteiger partial charge in [0.25, 0.3) is 11.5 Å². The molecule has 5 aromatic rings. The fraction of sp³-hybridized carbons (Fsp3) is 0.125. The van der Waals surface area contributed by atoms with Gasteiger partial charge in [0.05, 0.1) is 11.7 Å². The minimum Gasteiger partial charge on any atom is -0.505 e. The summed E-state index contributed by atoms with van der Waals surface area (Å²) in [5.41, 5.74) is 2.61. The average Bonchev–Trinajstić information content (AvgIpc) is 2.98.